The molecule has 0 saturated heterocycles. The molecule has 1 atom stereocenters. The average molecular weight is 297 g/mol. The summed E-state index contributed by atoms with van der Waals surface area (Å²) in [6, 6.07) is 1.74. The maximum Gasteiger partial charge on any atom is 0.169 e. The predicted octanol–water partition coefficient (Wildman–Crippen LogP) is 3.19. The number of ether oxygens (including phenoxy) is 1. The molecule has 0 amide bonds. The van der Waals surface area contributed by atoms with Crippen molar-refractivity contribution in [2.45, 2.75) is 52.7 Å². The van der Waals surface area contributed by atoms with Crippen molar-refractivity contribution in [2.75, 3.05) is 19.0 Å². The average Bonchev–Trinajstić information content (AvgIpc) is 2.37. The van der Waals surface area contributed by atoms with Crippen LogP contribution in [0.1, 0.15) is 40.2 Å². The van der Waals surface area contributed by atoms with Gasteiger partial charge in [-0.2, -0.15) is 0 Å². The van der Waals surface area contributed by atoms with E-state index in [1.165, 1.54) is 0 Å². The molecule has 0 aromatic carbocycles. The number of hydrogen-bond donors (Lipinski definition) is 2. The van der Waals surface area contributed by atoms with Gasteiger partial charge in [-0.1, -0.05) is 13.8 Å². The summed E-state index contributed by atoms with van der Waals surface area (Å²) >= 11 is 0. The quantitative estimate of drug-likeness (QED) is 0.811. The Labute approximate surface area is 127 Å². The topological polar surface area (TPSA) is 46.2 Å². The fraction of sp³-hybridized carbons (Fsp3) is 0.688. The van der Waals surface area contributed by atoms with Crippen LogP contribution in [0, 0.1) is 11.7 Å². The van der Waals surface area contributed by atoms with Crippen molar-refractivity contribution in [2.24, 2.45) is 5.92 Å². The molecule has 21 heavy (non-hydrogen) atoms. The van der Waals surface area contributed by atoms with Gasteiger partial charge in [0.1, 0.15) is 0 Å². The molecule has 1 heterocycles. The van der Waals surface area contributed by atoms with Gasteiger partial charge in [-0.05, 0) is 32.8 Å². The second-order valence-corrected chi connectivity index (χ2v) is 6.69. The first-order chi connectivity index (χ1) is 9.74. The van der Waals surface area contributed by atoms with E-state index in [-0.39, 0.29) is 17.4 Å². The third-order valence-corrected chi connectivity index (χ3v) is 3.25. The highest BCUT2D eigenvalue weighted by Crippen LogP contribution is 2.18. The number of halogens is 1. The van der Waals surface area contributed by atoms with Crippen LogP contribution in [0.2, 0.25) is 0 Å². The van der Waals surface area contributed by atoms with Gasteiger partial charge < -0.3 is 15.4 Å². The SMILES string of the molecule is COCC(Nc1nccc(CNC(C)(C)C)c1F)C(C)C. The van der Waals surface area contributed by atoms with E-state index in [1.54, 1.807) is 19.4 Å². The van der Waals surface area contributed by atoms with E-state index < -0.39 is 0 Å². The van der Waals surface area contributed by atoms with Crippen molar-refractivity contribution in [3.8, 4) is 0 Å². The third kappa shape index (κ3) is 5.98. The first-order valence-corrected chi connectivity index (χ1v) is 7.38. The van der Waals surface area contributed by atoms with Gasteiger partial charge in [-0.25, -0.2) is 9.37 Å². The first-order valence-electron chi connectivity index (χ1n) is 7.38. The summed E-state index contributed by atoms with van der Waals surface area (Å²) in [6.45, 7) is 11.3. The molecule has 1 aromatic rings. The summed E-state index contributed by atoms with van der Waals surface area (Å²) in [7, 11) is 1.64. The summed E-state index contributed by atoms with van der Waals surface area (Å²) in [5.74, 6) is 0.317. The molecule has 120 valence electrons. The summed E-state index contributed by atoms with van der Waals surface area (Å²) in [5, 5.41) is 6.43. The van der Waals surface area contributed by atoms with Crippen molar-refractivity contribution in [3.05, 3.63) is 23.6 Å². The van der Waals surface area contributed by atoms with Crippen LogP contribution in [0.25, 0.3) is 0 Å². The lowest BCUT2D eigenvalue weighted by Crippen LogP contribution is -2.35. The van der Waals surface area contributed by atoms with E-state index >= 15 is 0 Å². The maximum atomic E-state index is 14.5. The Hall–Kier alpha value is -1.20. The van der Waals surface area contributed by atoms with Crippen LogP contribution >= 0.6 is 0 Å². The molecule has 0 saturated carbocycles. The number of rotatable bonds is 7. The summed E-state index contributed by atoms with van der Waals surface area (Å²) in [6.07, 6.45) is 1.63. The number of nitrogens with one attached hydrogen (secondary N) is 2. The molecule has 1 aromatic heterocycles. The van der Waals surface area contributed by atoms with Crippen molar-refractivity contribution >= 4 is 5.82 Å². The highest BCUT2D eigenvalue weighted by Gasteiger charge is 2.18. The van der Waals surface area contributed by atoms with Crippen molar-refractivity contribution in [1.29, 1.82) is 0 Å². The summed E-state index contributed by atoms with van der Waals surface area (Å²) in [4.78, 5) is 4.12. The zero-order chi connectivity index (χ0) is 16.0. The van der Waals surface area contributed by atoms with E-state index in [1.807, 2.05) is 0 Å². The second kappa shape index (κ2) is 7.71. The number of pyridine rings is 1. The van der Waals surface area contributed by atoms with Gasteiger partial charge in [0.25, 0.3) is 0 Å². The predicted molar refractivity (Wildman–Crippen MR) is 84.9 cm³/mol. The zero-order valence-electron chi connectivity index (χ0n) is 14.0. The minimum absolute atomic E-state index is 0.0304. The van der Waals surface area contributed by atoms with Gasteiger partial charge >= 0.3 is 0 Å². The Morgan fingerprint density at radius 1 is 1.33 bits per heavy atom. The lowest BCUT2D eigenvalue weighted by atomic mass is 10.1. The minimum Gasteiger partial charge on any atom is -0.383 e. The van der Waals surface area contributed by atoms with Crippen molar-refractivity contribution in [1.82, 2.24) is 10.3 Å². The largest absolute Gasteiger partial charge is 0.383 e. The van der Waals surface area contributed by atoms with Crippen LogP contribution in [-0.2, 0) is 11.3 Å². The van der Waals surface area contributed by atoms with Gasteiger partial charge in [0.05, 0.1) is 12.6 Å². The molecule has 4 nitrogen and oxygen atoms in total. The molecule has 0 aliphatic carbocycles. The molecule has 0 spiro atoms. The van der Waals surface area contributed by atoms with Gasteiger partial charge in [0, 0.05) is 31.0 Å². The second-order valence-electron chi connectivity index (χ2n) is 6.69. The smallest absolute Gasteiger partial charge is 0.169 e. The molecular weight excluding hydrogens is 269 g/mol. The van der Waals surface area contributed by atoms with Gasteiger partial charge in [0.2, 0.25) is 0 Å². The van der Waals surface area contributed by atoms with E-state index in [9.17, 15) is 4.39 Å². The van der Waals surface area contributed by atoms with Crippen LogP contribution in [0.3, 0.4) is 0 Å². The van der Waals surface area contributed by atoms with Crippen LogP contribution < -0.4 is 10.6 Å². The molecule has 2 N–H and O–H groups in total. The van der Waals surface area contributed by atoms with Crippen molar-refractivity contribution < 1.29 is 9.13 Å². The van der Waals surface area contributed by atoms with Gasteiger partial charge in [0.15, 0.2) is 11.6 Å². The number of anilines is 1. The first kappa shape index (κ1) is 17.9. The standard InChI is InChI=1S/C16H28FN3O/c1-11(2)13(10-21-6)20-15-14(17)12(7-8-18-15)9-19-16(3,4)5/h7-8,11,13,19H,9-10H2,1-6H3,(H,18,20). The molecule has 0 aliphatic rings. The van der Waals surface area contributed by atoms with Crippen molar-refractivity contribution in [3.63, 3.8) is 0 Å². The molecule has 1 rings (SSSR count). The van der Waals surface area contributed by atoms with E-state index in [4.69, 9.17) is 4.74 Å². The summed E-state index contributed by atoms with van der Waals surface area (Å²) in [5.41, 5.74) is 0.558. The lowest BCUT2D eigenvalue weighted by Gasteiger charge is -2.24. The number of methoxy groups -OCH3 is 1. The summed E-state index contributed by atoms with van der Waals surface area (Å²) < 4.78 is 19.7. The molecule has 1 unspecified atom stereocenters. The minimum atomic E-state index is -0.295. The van der Waals surface area contributed by atoms with E-state index in [0.29, 0.717) is 30.5 Å². The van der Waals surface area contributed by atoms with E-state index in [2.05, 4.69) is 50.2 Å². The fourth-order valence-electron chi connectivity index (χ4n) is 1.84. The molecular formula is C16H28FN3O. The normalized spacial score (nSPS) is 13.5. The lowest BCUT2D eigenvalue weighted by molar-refractivity contribution is 0.171. The van der Waals surface area contributed by atoms with E-state index in [0.717, 1.165) is 0 Å². The van der Waals surface area contributed by atoms with Crippen LogP contribution in [-0.4, -0.2) is 30.3 Å². The number of aromatic nitrogens is 1. The Morgan fingerprint density at radius 2 is 2.00 bits per heavy atom. The molecule has 0 fully saturated rings. The Morgan fingerprint density at radius 3 is 2.52 bits per heavy atom. The zero-order valence-corrected chi connectivity index (χ0v) is 14.0. The molecule has 0 radical (unpaired) electrons. The highest BCUT2D eigenvalue weighted by atomic mass is 19.1. The number of nitrogens with zero attached hydrogens (tertiary/aromatic N) is 1. The van der Waals surface area contributed by atoms with Gasteiger partial charge in [-0.3, -0.25) is 0 Å². The molecule has 0 aliphatic heterocycles. The fourth-order valence-corrected chi connectivity index (χ4v) is 1.84. The van der Waals surface area contributed by atoms with Crippen LogP contribution in [0.15, 0.2) is 12.3 Å². The van der Waals surface area contributed by atoms with Crippen LogP contribution in [0.4, 0.5) is 10.2 Å². The Bertz CT molecular complexity index is 444. The highest BCUT2D eigenvalue weighted by molar-refractivity contribution is 5.41. The Kier molecular flexibility index (Phi) is 6.55. The monoisotopic (exact) mass is 297 g/mol. The Balaban J connectivity index is 2.84. The molecule has 5 heteroatoms. The molecule has 0 bridgehead atoms. The van der Waals surface area contributed by atoms with Crippen LogP contribution in [0.5, 0.6) is 0 Å². The third-order valence-electron chi connectivity index (χ3n) is 3.25. The van der Waals surface area contributed by atoms with Gasteiger partial charge in [-0.15, -0.1) is 0 Å². The maximum absolute atomic E-state index is 14.5. The number of hydrogen-bond acceptors (Lipinski definition) is 4.